The minimum Gasteiger partial charge on any atom is -0.396 e. The van der Waals surface area contributed by atoms with Crippen molar-refractivity contribution in [1.82, 2.24) is 4.90 Å². The highest BCUT2D eigenvalue weighted by atomic mass is 79.9. The van der Waals surface area contributed by atoms with E-state index in [0.717, 1.165) is 17.0 Å². The number of amides is 1. The lowest BCUT2D eigenvalue weighted by molar-refractivity contribution is 0.0619. The molecule has 1 rings (SSSR count). The molecule has 0 bridgehead atoms. The van der Waals surface area contributed by atoms with Crippen LogP contribution < -0.4 is 5.73 Å². The van der Waals surface area contributed by atoms with Crippen molar-refractivity contribution >= 4 is 27.5 Å². The van der Waals surface area contributed by atoms with Gasteiger partial charge in [-0.1, -0.05) is 0 Å². The van der Waals surface area contributed by atoms with Crippen LogP contribution in [0.15, 0.2) is 16.6 Å². The van der Waals surface area contributed by atoms with Gasteiger partial charge in [-0.05, 0) is 28.1 Å². The number of nitrogen functional groups attached to an aromatic ring is 1. The average molecular weight is 311 g/mol. The van der Waals surface area contributed by atoms with Gasteiger partial charge < -0.3 is 10.6 Å². The van der Waals surface area contributed by atoms with Crippen LogP contribution in [0.4, 0.5) is 18.9 Å². The molecule has 2 N–H and O–H groups in total. The van der Waals surface area contributed by atoms with Crippen LogP contribution >= 0.6 is 15.9 Å². The summed E-state index contributed by atoms with van der Waals surface area (Å²) in [6.45, 7) is -0.692. The standard InChI is InChI=1S/C10H10BrF3N2O/c1-16(4-9(13)14)10(17)5-2-8(15)7(12)3-6(5)11/h2-3,9H,4,15H2,1H3. The Morgan fingerprint density at radius 1 is 1.53 bits per heavy atom. The fraction of sp³-hybridized carbons (Fsp3) is 0.300. The molecular formula is C10H10BrF3N2O. The maximum Gasteiger partial charge on any atom is 0.255 e. The lowest BCUT2D eigenvalue weighted by atomic mass is 10.1. The van der Waals surface area contributed by atoms with Crippen molar-refractivity contribution in [3.05, 3.63) is 28.0 Å². The Balaban J connectivity index is 3.00. The second kappa shape index (κ2) is 5.39. The number of alkyl halides is 2. The maximum absolute atomic E-state index is 13.0. The summed E-state index contributed by atoms with van der Waals surface area (Å²) < 4.78 is 37.4. The van der Waals surface area contributed by atoms with Gasteiger partial charge in [0, 0.05) is 11.5 Å². The van der Waals surface area contributed by atoms with E-state index in [1.165, 1.54) is 7.05 Å². The van der Waals surface area contributed by atoms with Gasteiger partial charge in [0.15, 0.2) is 0 Å². The van der Waals surface area contributed by atoms with Crippen molar-refractivity contribution in [2.75, 3.05) is 19.3 Å². The topological polar surface area (TPSA) is 46.3 Å². The Kier molecular flexibility index (Phi) is 4.39. The zero-order valence-electron chi connectivity index (χ0n) is 8.88. The molecule has 0 aliphatic heterocycles. The molecule has 0 aliphatic rings. The number of carbonyl (C=O) groups excluding carboxylic acids is 1. The largest absolute Gasteiger partial charge is 0.396 e. The first-order valence-corrected chi connectivity index (χ1v) is 5.40. The van der Waals surface area contributed by atoms with E-state index in [1.807, 2.05) is 0 Å². The van der Waals surface area contributed by atoms with Gasteiger partial charge in [-0.25, -0.2) is 13.2 Å². The van der Waals surface area contributed by atoms with Crippen LogP contribution in [0, 0.1) is 5.82 Å². The first kappa shape index (κ1) is 13.8. The molecule has 0 atom stereocenters. The zero-order valence-corrected chi connectivity index (χ0v) is 10.5. The fourth-order valence-corrected chi connectivity index (χ4v) is 1.71. The molecule has 0 heterocycles. The number of nitrogens with two attached hydrogens (primary N) is 1. The molecule has 17 heavy (non-hydrogen) atoms. The monoisotopic (exact) mass is 310 g/mol. The summed E-state index contributed by atoms with van der Waals surface area (Å²) in [5.74, 6) is -1.33. The molecule has 0 radical (unpaired) electrons. The fourth-order valence-electron chi connectivity index (χ4n) is 1.23. The number of rotatable bonds is 3. The van der Waals surface area contributed by atoms with E-state index in [1.54, 1.807) is 0 Å². The summed E-state index contributed by atoms with van der Waals surface area (Å²) in [5.41, 5.74) is 5.16. The minimum absolute atomic E-state index is 0.0482. The smallest absolute Gasteiger partial charge is 0.255 e. The molecule has 1 aromatic rings. The van der Waals surface area contributed by atoms with Crippen molar-refractivity contribution in [2.45, 2.75) is 6.43 Å². The highest BCUT2D eigenvalue weighted by molar-refractivity contribution is 9.10. The molecule has 3 nitrogen and oxygen atoms in total. The third-order valence-electron chi connectivity index (χ3n) is 2.08. The molecular weight excluding hydrogens is 301 g/mol. The molecule has 0 aliphatic carbocycles. The molecule has 7 heteroatoms. The maximum atomic E-state index is 13.0. The van der Waals surface area contributed by atoms with Crippen LogP contribution in [-0.2, 0) is 0 Å². The summed E-state index contributed by atoms with van der Waals surface area (Å²) in [7, 11) is 1.24. The number of nitrogens with zero attached hydrogens (tertiary/aromatic N) is 1. The third kappa shape index (κ3) is 3.36. The number of hydrogen-bond acceptors (Lipinski definition) is 2. The minimum atomic E-state index is -2.62. The number of carbonyl (C=O) groups is 1. The summed E-state index contributed by atoms with van der Waals surface area (Å²) in [4.78, 5) is 12.6. The van der Waals surface area contributed by atoms with Crippen LogP contribution in [0.3, 0.4) is 0 Å². The van der Waals surface area contributed by atoms with Crippen molar-refractivity contribution in [1.29, 1.82) is 0 Å². The molecule has 0 saturated heterocycles. The van der Waals surface area contributed by atoms with Gasteiger partial charge in [-0.3, -0.25) is 4.79 Å². The molecule has 0 fully saturated rings. The molecule has 0 spiro atoms. The van der Waals surface area contributed by atoms with Gasteiger partial charge in [-0.2, -0.15) is 0 Å². The quantitative estimate of drug-likeness (QED) is 0.872. The zero-order chi connectivity index (χ0) is 13.2. The summed E-state index contributed by atoms with van der Waals surface area (Å²) in [5, 5.41) is 0. The Hall–Kier alpha value is -1.24. The predicted octanol–water partition coefficient (Wildman–Crippen LogP) is 2.51. The van der Waals surface area contributed by atoms with Crippen molar-refractivity contribution < 1.29 is 18.0 Å². The van der Waals surface area contributed by atoms with E-state index in [-0.39, 0.29) is 15.7 Å². The van der Waals surface area contributed by atoms with E-state index in [9.17, 15) is 18.0 Å². The Bertz CT molecular complexity index is 440. The van der Waals surface area contributed by atoms with Crippen molar-refractivity contribution in [3.63, 3.8) is 0 Å². The second-order valence-corrected chi connectivity index (χ2v) is 4.28. The van der Waals surface area contributed by atoms with Gasteiger partial charge in [0.25, 0.3) is 12.3 Å². The van der Waals surface area contributed by atoms with Crippen LogP contribution in [0.1, 0.15) is 10.4 Å². The predicted molar refractivity (Wildman–Crippen MR) is 61.5 cm³/mol. The van der Waals surface area contributed by atoms with Gasteiger partial charge in [0.05, 0.1) is 17.8 Å². The number of benzene rings is 1. The van der Waals surface area contributed by atoms with Crippen LogP contribution in [0.25, 0.3) is 0 Å². The summed E-state index contributed by atoms with van der Waals surface area (Å²) in [6.07, 6.45) is -2.62. The first-order valence-electron chi connectivity index (χ1n) is 4.61. The second-order valence-electron chi connectivity index (χ2n) is 3.43. The molecule has 94 valence electrons. The Morgan fingerprint density at radius 2 is 2.12 bits per heavy atom. The van der Waals surface area contributed by atoms with Gasteiger partial charge in [0.1, 0.15) is 5.82 Å². The normalized spacial score (nSPS) is 10.7. The molecule has 0 saturated carbocycles. The summed E-state index contributed by atoms with van der Waals surface area (Å²) in [6, 6.07) is 2.14. The van der Waals surface area contributed by atoms with Crippen LogP contribution in [0.2, 0.25) is 0 Å². The van der Waals surface area contributed by atoms with Crippen LogP contribution in [-0.4, -0.2) is 30.8 Å². The van der Waals surface area contributed by atoms with Gasteiger partial charge in [-0.15, -0.1) is 0 Å². The van der Waals surface area contributed by atoms with E-state index in [4.69, 9.17) is 5.73 Å². The molecule has 1 amide bonds. The Morgan fingerprint density at radius 3 is 2.65 bits per heavy atom. The van der Waals surface area contributed by atoms with Crippen molar-refractivity contribution in [2.24, 2.45) is 0 Å². The average Bonchev–Trinajstić information content (AvgIpc) is 2.21. The number of anilines is 1. The summed E-state index contributed by atoms with van der Waals surface area (Å²) >= 11 is 2.99. The first-order chi connectivity index (χ1) is 7.82. The van der Waals surface area contributed by atoms with E-state index in [0.29, 0.717) is 0 Å². The van der Waals surface area contributed by atoms with E-state index < -0.39 is 24.7 Å². The van der Waals surface area contributed by atoms with E-state index >= 15 is 0 Å². The SMILES string of the molecule is CN(CC(F)F)C(=O)c1cc(N)c(F)cc1Br. The molecule has 0 unspecified atom stereocenters. The van der Waals surface area contributed by atoms with Crippen molar-refractivity contribution in [3.8, 4) is 0 Å². The highest BCUT2D eigenvalue weighted by Crippen LogP contribution is 2.24. The molecule has 0 aromatic heterocycles. The number of hydrogen-bond donors (Lipinski definition) is 1. The third-order valence-corrected chi connectivity index (χ3v) is 2.73. The van der Waals surface area contributed by atoms with Crippen LogP contribution in [0.5, 0.6) is 0 Å². The number of halogens is 4. The lowest BCUT2D eigenvalue weighted by Crippen LogP contribution is -2.31. The van der Waals surface area contributed by atoms with Gasteiger partial charge >= 0.3 is 0 Å². The lowest BCUT2D eigenvalue weighted by Gasteiger charge is -2.17. The highest BCUT2D eigenvalue weighted by Gasteiger charge is 2.19. The van der Waals surface area contributed by atoms with Gasteiger partial charge in [0.2, 0.25) is 0 Å². The van der Waals surface area contributed by atoms with E-state index in [2.05, 4.69) is 15.9 Å². The molecule has 1 aromatic carbocycles. The Labute approximate surface area is 105 Å².